The molecule has 8 nitrogen and oxygen atoms in total. The maximum atomic E-state index is 13.3. The van der Waals surface area contributed by atoms with E-state index in [2.05, 4.69) is 6.92 Å². The molecule has 0 aromatic heterocycles. The second-order valence-electron chi connectivity index (χ2n) is 14.6. The number of Topliss-reactive ketones (excluding diaryl/α,β-unsaturated/α-hetero) is 1. The van der Waals surface area contributed by atoms with Crippen LogP contribution in [0.3, 0.4) is 0 Å². The van der Waals surface area contributed by atoms with Crippen molar-refractivity contribution in [1.82, 2.24) is 0 Å². The standard InChI is InChI=1S/C36H54O8/c1-7-8-9-10-11-12-13-14-15-16-17-18-29(39)43-32-24(3)35(42)27(30-33(5,6)36(30,32)44-25(4)38)20-26(22-37)21-34(41)28(35)19-23(2)31(34)40/h19-20,22,24,27-28,30,32,41-42H,7-18,21H2,1-6H3/t24-,27+,28-,30-,32-,34-,35-,36-/m1/s1. The van der Waals surface area contributed by atoms with E-state index in [-0.39, 0.29) is 18.4 Å². The van der Waals surface area contributed by atoms with Gasteiger partial charge in [0.2, 0.25) is 0 Å². The zero-order valence-electron chi connectivity index (χ0n) is 27.7. The van der Waals surface area contributed by atoms with Gasteiger partial charge in [-0.15, -0.1) is 0 Å². The lowest BCUT2D eigenvalue weighted by molar-refractivity contribution is -0.228. The van der Waals surface area contributed by atoms with Crippen molar-refractivity contribution in [1.29, 1.82) is 0 Å². The van der Waals surface area contributed by atoms with Crippen molar-refractivity contribution < 1.29 is 38.9 Å². The summed E-state index contributed by atoms with van der Waals surface area (Å²) in [5, 5.41) is 24.5. The number of esters is 2. The fourth-order valence-corrected chi connectivity index (χ4v) is 9.11. The van der Waals surface area contributed by atoms with Gasteiger partial charge in [0, 0.05) is 48.9 Å². The summed E-state index contributed by atoms with van der Waals surface area (Å²) in [5.41, 5.74) is -5.17. The lowest BCUT2D eigenvalue weighted by Crippen LogP contribution is -2.66. The summed E-state index contributed by atoms with van der Waals surface area (Å²) in [6, 6.07) is 0. The highest BCUT2D eigenvalue weighted by molar-refractivity contribution is 6.05. The van der Waals surface area contributed by atoms with Crippen molar-refractivity contribution in [2.45, 2.75) is 148 Å². The van der Waals surface area contributed by atoms with Crippen LogP contribution in [0.1, 0.15) is 125 Å². The molecule has 8 heteroatoms. The molecule has 4 aliphatic carbocycles. The monoisotopic (exact) mass is 614 g/mol. The van der Waals surface area contributed by atoms with Gasteiger partial charge in [-0.3, -0.25) is 19.2 Å². The zero-order valence-corrected chi connectivity index (χ0v) is 27.7. The predicted octanol–water partition coefficient (Wildman–Crippen LogP) is 5.96. The molecule has 0 heterocycles. The number of unbranched alkanes of at least 4 members (excludes halogenated alkanes) is 10. The van der Waals surface area contributed by atoms with Crippen LogP contribution in [0, 0.1) is 29.1 Å². The molecule has 2 N–H and O–H groups in total. The van der Waals surface area contributed by atoms with Crippen LogP contribution in [-0.4, -0.2) is 57.1 Å². The number of ketones is 1. The Morgan fingerprint density at radius 3 is 2.09 bits per heavy atom. The van der Waals surface area contributed by atoms with Crippen molar-refractivity contribution in [3.8, 4) is 0 Å². The van der Waals surface area contributed by atoms with Crippen molar-refractivity contribution in [3.63, 3.8) is 0 Å². The number of hydrogen-bond acceptors (Lipinski definition) is 8. The number of aldehydes is 1. The van der Waals surface area contributed by atoms with Crippen LogP contribution in [0.15, 0.2) is 23.3 Å². The van der Waals surface area contributed by atoms with Gasteiger partial charge in [-0.25, -0.2) is 0 Å². The zero-order chi connectivity index (χ0) is 32.5. The third-order valence-electron chi connectivity index (χ3n) is 11.4. The summed E-state index contributed by atoms with van der Waals surface area (Å²) in [6.07, 6.45) is 15.6. The average Bonchev–Trinajstić information content (AvgIpc) is 3.38. The topological polar surface area (TPSA) is 127 Å². The molecular weight excluding hydrogens is 560 g/mol. The first-order valence-electron chi connectivity index (χ1n) is 17.0. The lowest BCUT2D eigenvalue weighted by atomic mass is 9.59. The van der Waals surface area contributed by atoms with Gasteiger partial charge in [-0.1, -0.05) is 104 Å². The molecular formula is C36H54O8. The van der Waals surface area contributed by atoms with Crippen molar-refractivity contribution in [2.75, 3.05) is 0 Å². The van der Waals surface area contributed by atoms with Crippen LogP contribution in [-0.2, 0) is 28.7 Å². The molecule has 0 aromatic carbocycles. The molecule has 0 aliphatic heterocycles. The van der Waals surface area contributed by atoms with Crippen LogP contribution < -0.4 is 0 Å². The largest absolute Gasteiger partial charge is 0.458 e. The minimum atomic E-state index is -2.00. The molecule has 4 aliphatic rings. The highest BCUT2D eigenvalue weighted by Crippen LogP contribution is 2.77. The van der Waals surface area contributed by atoms with Crippen molar-refractivity contribution in [3.05, 3.63) is 23.3 Å². The molecule has 0 amide bonds. The molecule has 44 heavy (non-hydrogen) atoms. The van der Waals surface area contributed by atoms with Gasteiger partial charge in [0.15, 0.2) is 11.4 Å². The summed E-state index contributed by atoms with van der Waals surface area (Å²) in [7, 11) is 0. The number of aliphatic hydroxyl groups is 2. The van der Waals surface area contributed by atoms with Gasteiger partial charge in [-0.05, 0) is 24.5 Å². The highest BCUT2D eigenvalue weighted by atomic mass is 16.6. The van der Waals surface area contributed by atoms with Gasteiger partial charge < -0.3 is 19.7 Å². The van der Waals surface area contributed by atoms with E-state index in [0.717, 1.165) is 19.3 Å². The Morgan fingerprint density at radius 1 is 0.977 bits per heavy atom. The Bertz CT molecular complexity index is 1180. The van der Waals surface area contributed by atoms with Crippen LogP contribution in [0.5, 0.6) is 0 Å². The Morgan fingerprint density at radius 2 is 1.55 bits per heavy atom. The van der Waals surface area contributed by atoms with Crippen LogP contribution in [0.25, 0.3) is 0 Å². The maximum absolute atomic E-state index is 13.3. The second kappa shape index (κ2) is 13.2. The van der Waals surface area contributed by atoms with E-state index in [9.17, 15) is 29.4 Å². The Labute approximate surface area is 263 Å². The summed E-state index contributed by atoms with van der Waals surface area (Å²) in [5.74, 6) is -4.58. The normalized spacial score (nSPS) is 36.6. The Hall–Kier alpha value is -2.32. The molecule has 4 rings (SSSR count). The Balaban J connectivity index is 1.51. The highest BCUT2D eigenvalue weighted by Gasteiger charge is 2.87. The number of hydrogen-bond donors (Lipinski definition) is 2. The lowest BCUT2D eigenvalue weighted by Gasteiger charge is -2.53. The first kappa shape index (κ1) is 34.6. The minimum Gasteiger partial charge on any atom is -0.458 e. The number of carbonyl (C=O) groups is 4. The molecule has 8 atom stereocenters. The van der Waals surface area contributed by atoms with E-state index in [1.807, 2.05) is 13.8 Å². The van der Waals surface area contributed by atoms with Crippen LogP contribution in [0.2, 0.25) is 0 Å². The van der Waals surface area contributed by atoms with Gasteiger partial charge in [0.25, 0.3) is 0 Å². The first-order valence-corrected chi connectivity index (χ1v) is 17.0. The van der Waals surface area contributed by atoms with E-state index in [4.69, 9.17) is 9.47 Å². The average molecular weight is 615 g/mol. The number of carbonyl (C=O) groups excluding carboxylic acids is 4. The summed E-state index contributed by atoms with van der Waals surface area (Å²) < 4.78 is 12.2. The third-order valence-corrected chi connectivity index (χ3v) is 11.4. The molecule has 0 saturated heterocycles. The molecule has 0 radical (unpaired) electrons. The minimum absolute atomic E-state index is 0.212. The van der Waals surface area contributed by atoms with E-state index >= 15 is 0 Å². The maximum Gasteiger partial charge on any atom is 0.306 e. The van der Waals surface area contributed by atoms with Crippen molar-refractivity contribution >= 4 is 24.0 Å². The summed E-state index contributed by atoms with van der Waals surface area (Å²) in [4.78, 5) is 51.2. The molecule has 0 spiro atoms. The number of rotatable bonds is 15. The van der Waals surface area contributed by atoms with Crippen LogP contribution in [0.4, 0.5) is 0 Å². The molecule has 2 fully saturated rings. The van der Waals surface area contributed by atoms with Gasteiger partial charge in [0.1, 0.15) is 18.0 Å². The van der Waals surface area contributed by atoms with E-state index in [1.165, 1.54) is 51.9 Å². The SMILES string of the molecule is CCCCCCCCCCCCCC(=O)O[C@@H]1[C@@H](C)[C@@]2(O)[C@@H](C=C(C=O)C[C@]3(O)C(=O)C(C)=C[C@@H]23)[C@@H]2C(C)(C)[C@]12OC(C)=O. The Kier molecular flexibility index (Phi) is 10.4. The molecule has 0 aromatic rings. The van der Waals surface area contributed by atoms with E-state index < -0.39 is 69.7 Å². The summed E-state index contributed by atoms with van der Waals surface area (Å²) in [6.45, 7) is 10.7. The van der Waals surface area contributed by atoms with Gasteiger partial charge in [-0.2, -0.15) is 0 Å². The van der Waals surface area contributed by atoms with E-state index in [1.54, 1.807) is 26.0 Å². The smallest absolute Gasteiger partial charge is 0.306 e. The predicted molar refractivity (Wildman–Crippen MR) is 166 cm³/mol. The van der Waals surface area contributed by atoms with E-state index in [0.29, 0.717) is 18.3 Å². The van der Waals surface area contributed by atoms with Gasteiger partial charge >= 0.3 is 11.9 Å². The fourth-order valence-electron chi connectivity index (χ4n) is 9.11. The number of fused-ring (bicyclic) bond motifs is 5. The molecule has 0 bridgehead atoms. The second-order valence-corrected chi connectivity index (χ2v) is 14.6. The van der Waals surface area contributed by atoms with Crippen molar-refractivity contribution in [2.24, 2.45) is 29.1 Å². The molecule has 2 saturated carbocycles. The third kappa shape index (κ3) is 5.74. The quantitative estimate of drug-likeness (QED) is 0.131. The molecule has 0 unspecified atom stereocenters. The number of ether oxygens (including phenoxy) is 2. The first-order chi connectivity index (χ1) is 20.7. The summed E-state index contributed by atoms with van der Waals surface area (Å²) >= 11 is 0. The fraction of sp³-hybridized carbons (Fsp3) is 0.778. The van der Waals surface area contributed by atoms with Crippen LogP contribution >= 0.6 is 0 Å². The molecule has 246 valence electrons. The van der Waals surface area contributed by atoms with Gasteiger partial charge in [0.05, 0.1) is 5.60 Å².